The summed E-state index contributed by atoms with van der Waals surface area (Å²) in [5.41, 5.74) is 11.1. The number of para-hydroxylation sites is 1. The molecule has 0 saturated heterocycles. The first-order valence-electron chi connectivity index (χ1n) is 12.1. The van der Waals surface area contributed by atoms with Crippen molar-refractivity contribution < 1.29 is 9.59 Å². The van der Waals surface area contributed by atoms with Gasteiger partial charge in [0.1, 0.15) is 0 Å². The van der Waals surface area contributed by atoms with Crippen LogP contribution in [0, 0.1) is 5.92 Å². The molecule has 0 fully saturated rings. The Kier molecular flexibility index (Phi) is 7.83. The smallest absolute Gasteiger partial charge is 0.241 e. The van der Waals surface area contributed by atoms with Crippen molar-refractivity contribution in [2.24, 2.45) is 11.7 Å². The van der Waals surface area contributed by atoms with Crippen LogP contribution in [0.5, 0.6) is 0 Å². The van der Waals surface area contributed by atoms with Gasteiger partial charge in [0.25, 0.3) is 0 Å². The van der Waals surface area contributed by atoms with E-state index in [1.165, 1.54) is 0 Å². The molecule has 4 rings (SSSR count). The number of carbonyl (C=O) groups is 2. The number of rotatable bonds is 9. The predicted octanol–water partition coefficient (Wildman–Crippen LogP) is 3.55. The lowest BCUT2D eigenvalue weighted by Gasteiger charge is -2.28. The Bertz CT molecular complexity index is 1140. The summed E-state index contributed by atoms with van der Waals surface area (Å²) in [6.45, 7) is 0. The van der Waals surface area contributed by atoms with Gasteiger partial charge in [0.05, 0.1) is 12.1 Å². The molecule has 1 aliphatic heterocycles. The monoisotopic (exact) mass is 470 g/mol. The molecular formula is C29H34N4O2. The van der Waals surface area contributed by atoms with Crippen LogP contribution in [0.25, 0.3) is 0 Å². The second-order valence-electron chi connectivity index (χ2n) is 9.50. The van der Waals surface area contributed by atoms with Crippen LogP contribution in [0.15, 0.2) is 78.9 Å². The van der Waals surface area contributed by atoms with Gasteiger partial charge in [-0.2, -0.15) is 0 Å². The second kappa shape index (κ2) is 11.2. The maximum Gasteiger partial charge on any atom is 0.241 e. The maximum absolute atomic E-state index is 13.4. The third kappa shape index (κ3) is 6.28. The molecule has 0 aromatic heterocycles. The molecule has 0 aliphatic carbocycles. The molecule has 1 aliphatic rings. The van der Waals surface area contributed by atoms with Crippen molar-refractivity contribution in [3.63, 3.8) is 0 Å². The zero-order valence-corrected chi connectivity index (χ0v) is 20.4. The molecule has 182 valence electrons. The number of fused-ring (bicyclic) bond motifs is 1. The first-order chi connectivity index (χ1) is 16.9. The van der Waals surface area contributed by atoms with E-state index in [0.29, 0.717) is 25.7 Å². The molecule has 0 bridgehead atoms. The average molecular weight is 471 g/mol. The SMILES string of the molecule is CN(C)c1ccc(CC2Cc3ccccc3NC(=O)[C@H]2N[C@@H](CCc2ccccc2)C(N)=O)cc1. The first kappa shape index (κ1) is 24.5. The lowest BCUT2D eigenvalue weighted by Crippen LogP contribution is -2.54. The molecule has 3 atom stereocenters. The van der Waals surface area contributed by atoms with Crippen molar-refractivity contribution in [2.75, 3.05) is 24.3 Å². The number of nitrogens with zero attached hydrogens (tertiary/aromatic N) is 1. The normalized spacial score (nSPS) is 18.2. The highest BCUT2D eigenvalue weighted by Crippen LogP contribution is 2.28. The van der Waals surface area contributed by atoms with E-state index in [1.807, 2.05) is 62.6 Å². The topological polar surface area (TPSA) is 87.5 Å². The molecule has 3 aromatic carbocycles. The molecule has 3 aromatic rings. The van der Waals surface area contributed by atoms with Crippen molar-refractivity contribution in [2.45, 2.75) is 37.8 Å². The minimum Gasteiger partial charge on any atom is -0.378 e. The van der Waals surface area contributed by atoms with Gasteiger partial charge in [0.15, 0.2) is 0 Å². The van der Waals surface area contributed by atoms with E-state index in [4.69, 9.17) is 5.73 Å². The quantitative estimate of drug-likeness (QED) is 0.446. The number of amides is 2. The van der Waals surface area contributed by atoms with E-state index in [9.17, 15) is 9.59 Å². The van der Waals surface area contributed by atoms with Crippen LogP contribution in [0.3, 0.4) is 0 Å². The number of anilines is 2. The number of hydrogen-bond donors (Lipinski definition) is 3. The van der Waals surface area contributed by atoms with E-state index >= 15 is 0 Å². The molecule has 1 unspecified atom stereocenters. The molecule has 0 radical (unpaired) electrons. The fourth-order valence-corrected chi connectivity index (χ4v) is 4.76. The van der Waals surface area contributed by atoms with E-state index in [1.54, 1.807) is 0 Å². The molecule has 0 spiro atoms. The van der Waals surface area contributed by atoms with E-state index in [2.05, 4.69) is 45.9 Å². The molecule has 4 N–H and O–H groups in total. The van der Waals surface area contributed by atoms with Gasteiger partial charge in [-0.05, 0) is 66.5 Å². The Morgan fingerprint density at radius 3 is 2.37 bits per heavy atom. The highest BCUT2D eigenvalue weighted by Gasteiger charge is 2.35. The Labute approximate surface area is 207 Å². The molecule has 35 heavy (non-hydrogen) atoms. The molecular weight excluding hydrogens is 436 g/mol. The standard InChI is InChI=1S/C29H34N4O2/c1-33(2)24-15-12-21(13-16-24)18-23-19-22-10-6-7-11-25(22)32-29(35)27(23)31-26(28(30)34)17-14-20-8-4-3-5-9-20/h3-13,15-16,23,26-27,31H,14,17-19H2,1-2H3,(H2,30,34)(H,32,35)/t23?,26-,27-/m0/s1. The maximum atomic E-state index is 13.4. The fraction of sp³-hybridized carbons (Fsp3) is 0.310. The van der Waals surface area contributed by atoms with Gasteiger partial charge in [-0.15, -0.1) is 0 Å². The van der Waals surface area contributed by atoms with Gasteiger partial charge in [0, 0.05) is 25.5 Å². The lowest BCUT2D eigenvalue weighted by molar-refractivity contribution is -0.122. The molecule has 6 heteroatoms. The third-order valence-corrected chi connectivity index (χ3v) is 6.75. The number of primary amides is 1. The first-order valence-corrected chi connectivity index (χ1v) is 12.1. The van der Waals surface area contributed by atoms with Crippen molar-refractivity contribution in [1.82, 2.24) is 5.32 Å². The summed E-state index contributed by atoms with van der Waals surface area (Å²) >= 11 is 0. The zero-order chi connectivity index (χ0) is 24.8. The van der Waals surface area contributed by atoms with Crippen LogP contribution in [-0.4, -0.2) is 38.0 Å². The largest absolute Gasteiger partial charge is 0.378 e. The van der Waals surface area contributed by atoms with Crippen molar-refractivity contribution in [3.8, 4) is 0 Å². The average Bonchev–Trinajstić information content (AvgIpc) is 2.98. The summed E-state index contributed by atoms with van der Waals surface area (Å²) in [7, 11) is 4.03. The lowest BCUT2D eigenvalue weighted by atomic mass is 9.86. The summed E-state index contributed by atoms with van der Waals surface area (Å²) in [6.07, 6.45) is 2.65. The number of nitrogens with one attached hydrogen (secondary N) is 2. The predicted molar refractivity (Wildman–Crippen MR) is 141 cm³/mol. The highest BCUT2D eigenvalue weighted by atomic mass is 16.2. The van der Waals surface area contributed by atoms with Crippen LogP contribution in [0.4, 0.5) is 11.4 Å². The molecule has 2 amide bonds. The van der Waals surface area contributed by atoms with Crippen molar-refractivity contribution >= 4 is 23.2 Å². The van der Waals surface area contributed by atoms with Gasteiger partial charge >= 0.3 is 0 Å². The van der Waals surface area contributed by atoms with Gasteiger partial charge < -0.3 is 16.0 Å². The minimum absolute atomic E-state index is 0.0394. The van der Waals surface area contributed by atoms with E-state index in [0.717, 1.165) is 28.1 Å². The number of benzene rings is 3. The number of carbonyl (C=O) groups excluding carboxylic acids is 2. The van der Waals surface area contributed by atoms with Crippen LogP contribution < -0.4 is 21.3 Å². The number of hydrogen-bond acceptors (Lipinski definition) is 4. The minimum atomic E-state index is -0.606. The van der Waals surface area contributed by atoms with Gasteiger partial charge in [-0.25, -0.2) is 0 Å². The summed E-state index contributed by atoms with van der Waals surface area (Å²) < 4.78 is 0. The van der Waals surface area contributed by atoms with Gasteiger partial charge in [-0.1, -0.05) is 60.7 Å². The Balaban J connectivity index is 1.57. The Hall–Kier alpha value is -3.64. The summed E-state index contributed by atoms with van der Waals surface area (Å²) in [5, 5.41) is 6.43. The van der Waals surface area contributed by atoms with Crippen molar-refractivity contribution in [1.29, 1.82) is 0 Å². The van der Waals surface area contributed by atoms with E-state index in [-0.39, 0.29) is 11.8 Å². The van der Waals surface area contributed by atoms with Gasteiger partial charge in [0.2, 0.25) is 11.8 Å². The Morgan fingerprint density at radius 1 is 1.00 bits per heavy atom. The number of aryl methyl sites for hydroxylation is 1. The van der Waals surface area contributed by atoms with Crippen LogP contribution >= 0.6 is 0 Å². The molecule has 1 heterocycles. The van der Waals surface area contributed by atoms with Crippen molar-refractivity contribution in [3.05, 3.63) is 95.6 Å². The Morgan fingerprint density at radius 2 is 1.69 bits per heavy atom. The van der Waals surface area contributed by atoms with Crippen LogP contribution in [-0.2, 0) is 28.9 Å². The van der Waals surface area contributed by atoms with Crippen LogP contribution in [0.2, 0.25) is 0 Å². The summed E-state index contributed by atoms with van der Waals surface area (Å²) in [4.78, 5) is 27.9. The highest BCUT2D eigenvalue weighted by molar-refractivity contribution is 5.97. The summed E-state index contributed by atoms with van der Waals surface area (Å²) in [6, 6.07) is 25.2. The molecule has 6 nitrogen and oxygen atoms in total. The second-order valence-corrected chi connectivity index (χ2v) is 9.50. The molecule has 0 saturated carbocycles. The summed E-state index contributed by atoms with van der Waals surface area (Å²) in [5.74, 6) is -0.608. The fourth-order valence-electron chi connectivity index (χ4n) is 4.76. The third-order valence-electron chi connectivity index (χ3n) is 6.75. The van der Waals surface area contributed by atoms with Gasteiger partial charge in [-0.3, -0.25) is 14.9 Å². The van der Waals surface area contributed by atoms with E-state index < -0.39 is 18.0 Å². The number of nitrogens with two attached hydrogens (primary N) is 1. The van der Waals surface area contributed by atoms with Crippen LogP contribution in [0.1, 0.15) is 23.1 Å². The zero-order valence-electron chi connectivity index (χ0n) is 20.4.